The molecule has 3 rings (SSSR count). The Morgan fingerprint density at radius 1 is 1.33 bits per heavy atom. The van der Waals surface area contributed by atoms with Gasteiger partial charge in [-0.25, -0.2) is 8.42 Å². The van der Waals surface area contributed by atoms with E-state index in [0.29, 0.717) is 12.8 Å². The Hall–Kier alpha value is -0.880. The molecule has 0 aliphatic heterocycles. The van der Waals surface area contributed by atoms with E-state index in [0.717, 1.165) is 19.3 Å². The standard InChI is InChI=1S/C15H21NO3S2/c1-15(2,21(18,19)10-6-7-10)14(17)16-12-4-3-5-13-11(12)8-9-20-13/h8-10,12H,3-7H2,1-2H3,(H,16,17)/t12-/m0/s1. The van der Waals surface area contributed by atoms with Crippen molar-refractivity contribution in [3.63, 3.8) is 0 Å². The van der Waals surface area contributed by atoms with Crippen LogP contribution in [0.5, 0.6) is 0 Å². The van der Waals surface area contributed by atoms with Gasteiger partial charge in [0.1, 0.15) is 4.75 Å². The van der Waals surface area contributed by atoms with Gasteiger partial charge >= 0.3 is 0 Å². The summed E-state index contributed by atoms with van der Waals surface area (Å²) < 4.78 is 23.5. The van der Waals surface area contributed by atoms with E-state index in [-0.39, 0.29) is 17.2 Å². The molecule has 1 saturated carbocycles. The number of carbonyl (C=O) groups excluding carboxylic acids is 1. The maximum Gasteiger partial charge on any atom is 0.241 e. The molecular weight excluding hydrogens is 306 g/mol. The minimum Gasteiger partial charge on any atom is -0.348 e. The molecule has 1 atom stereocenters. The maximum absolute atomic E-state index is 12.6. The van der Waals surface area contributed by atoms with Gasteiger partial charge < -0.3 is 5.32 Å². The number of sulfone groups is 1. The Labute approximate surface area is 129 Å². The number of nitrogens with one attached hydrogen (secondary N) is 1. The van der Waals surface area contributed by atoms with Gasteiger partial charge in [-0.2, -0.15) is 0 Å². The highest BCUT2D eigenvalue weighted by molar-refractivity contribution is 7.94. The van der Waals surface area contributed by atoms with Crippen LogP contribution in [0.1, 0.15) is 56.0 Å². The molecule has 0 saturated heterocycles. The van der Waals surface area contributed by atoms with Gasteiger partial charge in [-0.15, -0.1) is 11.3 Å². The van der Waals surface area contributed by atoms with Crippen molar-refractivity contribution < 1.29 is 13.2 Å². The minimum absolute atomic E-state index is 0.0406. The molecule has 0 unspecified atom stereocenters. The van der Waals surface area contributed by atoms with Gasteiger partial charge in [0.15, 0.2) is 9.84 Å². The molecule has 0 spiro atoms. The van der Waals surface area contributed by atoms with Crippen molar-refractivity contribution in [2.45, 2.75) is 62.0 Å². The lowest BCUT2D eigenvalue weighted by molar-refractivity contribution is -0.123. The molecule has 0 aromatic carbocycles. The third-order valence-corrected chi connectivity index (χ3v) is 8.53. The lowest BCUT2D eigenvalue weighted by Crippen LogP contribution is -2.50. The van der Waals surface area contributed by atoms with Crippen LogP contribution in [0.2, 0.25) is 0 Å². The predicted octanol–water partition coefficient (Wildman–Crippen LogP) is 2.60. The van der Waals surface area contributed by atoms with Crippen LogP contribution in [0, 0.1) is 0 Å². The Morgan fingerprint density at radius 3 is 2.71 bits per heavy atom. The average Bonchev–Trinajstić information content (AvgIpc) is 3.18. The lowest BCUT2D eigenvalue weighted by atomic mass is 9.93. The molecule has 1 aromatic heterocycles. The summed E-state index contributed by atoms with van der Waals surface area (Å²) in [7, 11) is -3.39. The van der Waals surface area contributed by atoms with E-state index < -0.39 is 14.6 Å². The zero-order valence-electron chi connectivity index (χ0n) is 12.4. The Bertz CT molecular complexity index is 656. The summed E-state index contributed by atoms with van der Waals surface area (Å²) >= 11 is 1.71. The number of amides is 1. The number of rotatable bonds is 4. The molecule has 1 N–H and O–H groups in total. The smallest absolute Gasteiger partial charge is 0.241 e. The highest BCUT2D eigenvalue weighted by Gasteiger charge is 2.50. The molecule has 1 fully saturated rings. The average molecular weight is 327 g/mol. The van der Waals surface area contributed by atoms with Gasteiger partial charge in [-0.1, -0.05) is 0 Å². The van der Waals surface area contributed by atoms with Gasteiger partial charge in [0, 0.05) is 4.88 Å². The molecule has 2 aliphatic rings. The highest BCUT2D eigenvalue weighted by atomic mass is 32.2. The fourth-order valence-corrected chi connectivity index (χ4v) is 5.79. The second-order valence-electron chi connectivity index (χ2n) is 6.47. The first-order chi connectivity index (χ1) is 9.84. The van der Waals surface area contributed by atoms with Crippen molar-refractivity contribution >= 4 is 27.1 Å². The number of fused-ring (bicyclic) bond motifs is 1. The molecular formula is C15H21NO3S2. The van der Waals surface area contributed by atoms with E-state index in [9.17, 15) is 13.2 Å². The first-order valence-corrected chi connectivity index (χ1v) is 9.87. The monoisotopic (exact) mass is 327 g/mol. The second kappa shape index (κ2) is 5.09. The third-order valence-electron chi connectivity index (χ3n) is 4.58. The van der Waals surface area contributed by atoms with E-state index >= 15 is 0 Å². The van der Waals surface area contributed by atoms with Crippen molar-refractivity contribution in [2.75, 3.05) is 0 Å². The van der Waals surface area contributed by atoms with Crippen LogP contribution in [-0.2, 0) is 21.1 Å². The maximum atomic E-state index is 12.6. The van der Waals surface area contributed by atoms with Crippen LogP contribution in [0.25, 0.3) is 0 Å². The van der Waals surface area contributed by atoms with Gasteiger partial charge in [0.05, 0.1) is 11.3 Å². The van der Waals surface area contributed by atoms with Gasteiger partial charge in [-0.05, 0) is 63.0 Å². The molecule has 0 bridgehead atoms. The number of thiophene rings is 1. The normalized spacial score (nSPS) is 22.7. The summed E-state index contributed by atoms with van der Waals surface area (Å²) in [4.78, 5) is 13.9. The van der Waals surface area contributed by atoms with E-state index in [1.54, 1.807) is 11.3 Å². The van der Waals surface area contributed by atoms with Crippen LogP contribution >= 0.6 is 11.3 Å². The van der Waals surface area contributed by atoms with E-state index in [1.165, 1.54) is 24.3 Å². The molecule has 116 valence electrons. The first-order valence-electron chi connectivity index (χ1n) is 7.44. The quantitative estimate of drug-likeness (QED) is 0.924. The lowest BCUT2D eigenvalue weighted by Gasteiger charge is -2.29. The SMILES string of the molecule is CC(C)(C(=O)N[C@H]1CCCc2sccc21)S(=O)(=O)C1CC1. The summed E-state index contributed by atoms with van der Waals surface area (Å²) in [5.74, 6) is -0.363. The molecule has 4 nitrogen and oxygen atoms in total. The minimum atomic E-state index is -3.39. The van der Waals surface area contributed by atoms with Gasteiger partial charge in [-0.3, -0.25) is 4.79 Å². The van der Waals surface area contributed by atoms with Crippen LogP contribution < -0.4 is 5.32 Å². The van der Waals surface area contributed by atoms with Crippen molar-refractivity contribution in [3.05, 3.63) is 21.9 Å². The predicted molar refractivity (Wildman–Crippen MR) is 84.2 cm³/mol. The summed E-state index contributed by atoms with van der Waals surface area (Å²) in [6.07, 6.45) is 4.36. The summed E-state index contributed by atoms with van der Waals surface area (Å²) in [6, 6.07) is 2.01. The molecule has 1 aromatic rings. The topological polar surface area (TPSA) is 63.2 Å². The number of aryl methyl sites for hydroxylation is 1. The number of carbonyl (C=O) groups is 1. The third kappa shape index (κ3) is 2.52. The van der Waals surface area contributed by atoms with Crippen molar-refractivity contribution in [2.24, 2.45) is 0 Å². The molecule has 0 radical (unpaired) electrons. The van der Waals surface area contributed by atoms with Crippen molar-refractivity contribution in [3.8, 4) is 0 Å². The van der Waals surface area contributed by atoms with Gasteiger partial charge in [0.25, 0.3) is 0 Å². The number of hydrogen-bond acceptors (Lipinski definition) is 4. The van der Waals surface area contributed by atoms with Crippen LogP contribution in [0.4, 0.5) is 0 Å². The highest BCUT2D eigenvalue weighted by Crippen LogP contribution is 2.38. The van der Waals surface area contributed by atoms with E-state index in [1.807, 2.05) is 11.4 Å². The van der Waals surface area contributed by atoms with Crippen LogP contribution in [0.15, 0.2) is 11.4 Å². The first kappa shape index (κ1) is 15.0. The summed E-state index contributed by atoms with van der Waals surface area (Å²) in [5.41, 5.74) is 1.17. The van der Waals surface area contributed by atoms with E-state index in [2.05, 4.69) is 5.32 Å². The summed E-state index contributed by atoms with van der Waals surface area (Å²) in [6.45, 7) is 3.07. The van der Waals surface area contributed by atoms with Crippen molar-refractivity contribution in [1.82, 2.24) is 5.32 Å². The molecule has 2 aliphatic carbocycles. The Kier molecular flexibility index (Phi) is 3.64. The fraction of sp³-hybridized carbons (Fsp3) is 0.667. The zero-order chi connectivity index (χ0) is 15.3. The summed E-state index contributed by atoms with van der Waals surface area (Å²) in [5, 5.41) is 4.70. The van der Waals surface area contributed by atoms with E-state index in [4.69, 9.17) is 0 Å². The molecule has 21 heavy (non-hydrogen) atoms. The molecule has 1 heterocycles. The number of hydrogen-bond donors (Lipinski definition) is 1. The van der Waals surface area contributed by atoms with Crippen LogP contribution in [-0.4, -0.2) is 24.3 Å². The Balaban J connectivity index is 1.78. The largest absolute Gasteiger partial charge is 0.348 e. The second-order valence-corrected chi connectivity index (χ2v) is 10.3. The fourth-order valence-electron chi connectivity index (χ4n) is 2.89. The Morgan fingerprint density at radius 2 is 2.05 bits per heavy atom. The molecule has 6 heteroatoms. The zero-order valence-corrected chi connectivity index (χ0v) is 14.0. The van der Waals surface area contributed by atoms with Crippen molar-refractivity contribution in [1.29, 1.82) is 0 Å². The molecule has 1 amide bonds. The van der Waals surface area contributed by atoms with Crippen LogP contribution in [0.3, 0.4) is 0 Å². The van der Waals surface area contributed by atoms with Gasteiger partial charge in [0.2, 0.25) is 5.91 Å².